The lowest BCUT2D eigenvalue weighted by Crippen LogP contribution is -2.16. The van der Waals surface area contributed by atoms with Gasteiger partial charge < -0.3 is 5.32 Å². The normalized spacial score (nSPS) is 11.7. The van der Waals surface area contributed by atoms with Crippen molar-refractivity contribution < 1.29 is 9.59 Å². The van der Waals surface area contributed by atoms with Gasteiger partial charge in [-0.05, 0) is 32.4 Å². The third-order valence-corrected chi connectivity index (χ3v) is 3.94. The van der Waals surface area contributed by atoms with Gasteiger partial charge in [-0.2, -0.15) is 0 Å². The third kappa shape index (κ3) is 5.53. The lowest BCUT2D eigenvalue weighted by molar-refractivity contribution is -0.117. The lowest BCUT2D eigenvalue weighted by Gasteiger charge is -2.13. The van der Waals surface area contributed by atoms with Gasteiger partial charge in [0.15, 0.2) is 0 Å². The van der Waals surface area contributed by atoms with E-state index >= 15 is 0 Å². The zero-order valence-corrected chi connectivity index (χ0v) is 12.9. The molecule has 102 valence electrons. The fraction of sp³-hybridized carbons (Fsp3) is 0.357. The van der Waals surface area contributed by atoms with E-state index < -0.39 is 0 Å². The van der Waals surface area contributed by atoms with Crippen molar-refractivity contribution >= 4 is 45.6 Å². The standard InChI is InChI=1S/C14H17NO2S2/c1-9(16)8-12-6-4-5-7-13(12)15-14(18)19-11(3)10(2)17/h4-7,11H,8H2,1-3H3,(H,15,18). The van der Waals surface area contributed by atoms with Crippen molar-refractivity contribution in [3.05, 3.63) is 29.8 Å². The topological polar surface area (TPSA) is 46.2 Å². The van der Waals surface area contributed by atoms with Gasteiger partial charge in [0.05, 0.1) is 5.25 Å². The Morgan fingerprint density at radius 3 is 2.53 bits per heavy atom. The molecular weight excluding hydrogens is 278 g/mol. The summed E-state index contributed by atoms with van der Waals surface area (Å²) in [5.41, 5.74) is 1.74. The molecule has 1 N–H and O–H groups in total. The summed E-state index contributed by atoms with van der Waals surface area (Å²) in [6.07, 6.45) is 0.374. The zero-order chi connectivity index (χ0) is 14.4. The summed E-state index contributed by atoms with van der Waals surface area (Å²) in [5.74, 6) is 0.191. The highest BCUT2D eigenvalue weighted by atomic mass is 32.2. The van der Waals surface area contributed by atoms with Gasteiger partial charge >= 0.3 is 0 Å². The molecule has 0 bridgehead atoms. The predicted molar refractivity (Wildman–Crippen MR) is 84.8 cm³/mol. The minimum atomic E-state index is -0.167. The first-order valence-corrected chi connectivity index (χ1v) is 7.24. The van der Waals surface area contributed by atoms with Crippen LogP contribution < -0.4 is 5.32 Å². The van der Waals surface area contributed by atoms with E-state index in [0.717, 1.165) is 11.3 Å². The lowest BCUT2D eigenvalue weighted by atomic mass is 10.1. The number of Topliss-reactive ketones (excluding diaryl/α,β-unsaturated/α-hetero) is 2. The second-order valence-corrected chi connectivity index (χ2v) is 6.34. The van der Waals surface area contributed by atoms with Crippen molar-refractivity contribution in [3.8, 4) is 0 Å². The molecule has 1 aromatic carbocycles. The second kappa shape index (κ2) is 7.40. The van der Waals surface area contributed by atoms with E-state index in [4.69, 9.17) is 12.2 Å². The SMILES string of the molecule is CC(=O)Cc1ccccc1NC(=S)SC(C)C(C)=O. The van der Waals surface area contributed by atoms with Gasteiger partial charge in [0.2, 0.25) is 0 Å². The van der Waals surface area contributed by atoms with Crippen molar-refractivity contribution in [3.63, 3.8) is 0 Å². The Kier molecular flexibility index (Phi) is 6.18. The number of hydrogen-bond acceptors (Lipinski definition) is 4. The number of carbonyl (C=O) groups is 2. The first kappa shape index (κ1) is 15.9. The molecule has 0 saturated carbocycles. The molecule has 1 aromatic rings. The van der Waals surface area contributed by atoms with Crippen LogP contribution in [0.3, 0.4) is 0 Å². The Morgan fingerprint density at radius 1 is 1.32 bits per heavy atom. The number of thioether (sulfide) groups is 1. The first-order chi connectivity index (χ1) is 8.90. The van der Waals surface area contributed by atoms with E-state index in [1.54, 1.807) is 13.8 Å². The number of ketones is 2. The van der Waals surface area contributed by atoms with Crippen LogP contribution in [0.2, 0.25) is 0 Å². The Balaban J connectivity index is 2.73. The molecule has 0 saturated heterocycles. The number of para-hydroxylation sites is 1. The molecule has 0 spiro atoms. The summed E-state index contributed by atoms with van der Waals surface area (Å²) in [4.78, 5) is 22.4. The number of benzene rings is 1. The van der Waals surface area contributed by atoms with Gasteiger partial charge in [-0.1, -0.05) is 42.2 Å². The van der Waals surface area contributed by atoms with Gasteiger partial charge in [0.1, 0.15) is 15.9 Å². The molecule has 0 aromatic heterocycles. The van der Waals surface area contributed by atoms with Gasteiger partial charge in [0, 0.05) is 12.1 Å². The Bertz CT molecular complexity index is 500. The minimum Gasteiger partial charge on any atom is -0.341 e. The number of rotatable bonds is 5. The summed E-state index contributed by atoms with van der Waals surface area (Å²) in [7, 11) is 0. The van der Waals surface area contributed by atoms with Crippen LogP contribution in [0.1, 0.15) is 26.3 Å². The maximum Gasteiger partial charge on any atom is 0.142 e. The van der Waals surface area contributed by atoms with E-state index in [1.165, 1.54) is 11.8 Å². The van der Waals surface area contributed by atoms with Gasteiger partial charge in [-0.3, -0.25) is 9.59 Å². The van der Waals surface area contributed by atoms with E-state index in [2.05, 4.69) is 5.32 Å². The van der Waals surface area contributed by atoms with Gasteiger partial charge in [0.25, 0.3) is 0 Å². The van der Waals surface area contributed by atoms with Crippen LogP contribution in [-0.2, 0) is 16.0 Å². The molecule has 1 unspecified atom stereocenters. The number of carbonyl (C=O) groups excluding carboxylic acids is 2. The summed E-state index contributed by atoms with van der Waals surface area (Å²) < 4.78 is 0.540. The predicted octanol–water partition coefficient (Wildman–Crippen LogP) is 3.23. The summed E-state index contributed by atoms with van der Waals surface area (Å²) in [6, 6.07) is 7.54. The minimum absolute atomic E-state index is 0.0890. The molecule has 1 atom stereocenters. The fourth-order valence-corrected chi connectivity index (χ4v) is 2.65. The molecule has 19 heavy (non-hydrogen) atoms. The molecule has 3 nitrogen and oxygen atoms in total. The van der Waals surface area contributed by atoms with Crippen molar-refractivity contribution in [1.29, 1.82) is 0 Å². The highest BCUT2D eigenvalue weighted by molar-refractivity contribution is 8.24. The third-order valence-electron chi connectivity index (χ3n) is 2.55. The Morgan fingerprint density at radius 2 is 1.95 bits per heavy atom. The molecule has 5 heteroatoms. The monoisotopic (exact) mass is 295 g/mol. The van der Waals surface area contributed by atoms with E-state index in [0.29, 0.717) is 10.7 Å². The Hall–Kier alpha value is -1.20. The van der Waals surface area contributed by atoms with Crippen LogP contribution in [0.25, 0.3) is 0 Å². The summed E-state index contributed by atoms with van der Waals surface area (Å²) in [5, 5.41) is 2.92. The van der Waals surface area contributed by atoms with Crippen LogP contribution in [0.5, 0.6) is 0 Å². The van der Waals surface area contributed by atoms with Gasteiger partial charge in [-0.15, -0.1) is 0 Å². The van der Waals surface area contributed by atoms with E-state index in [-0.39, 0.29) is 16.8 Å². The van der Waals surface area contributed by atoms with Gasteiger partial charge in [-0.25, -0.2) is 0 Å². The van der Waals surface area contributed by atoms with Crippen molar-refractivity contribution in [2.45, 2.75) is 32.4 Å². The average Bonchev–Trinajstić information content (AvgIpc) is 2.30. The highest BCUT2D eigenvalue weighted by Gasteiger charge is 2.12. The highest BCUT2D eigenvalue weighted by Crippen LogP contribution is 2.20. The summed E-state index contributed by atoms with van der Waals surface area (Å²) >= 11 is 6.54. The van der Waals surface area contributed by atoms with E-state index in [9.17, 15) is 9.59 Å². The van der Waals surface area contributed by atoms with Crippen LogP contribution >= 0.6 is 24.0 Å². The average molecular weight is 295 g/mol. The van der Waals surface area contributed by atoms with E-state index in [1.807, 2.05) is 31.2 Å². The molecule has 0 aliphatic rings. The molecule has 0 heterocycles. The number of anilines is 1. The van der Waals surface area contributed by atoms with Crippen molar-refractivity contribution in [1.82, 2.24) is 0 Å². The molecule has 1 rings (SSSR count). The maximum atomic E-state index is 11.2. The largest absolute Gasteiger partial charge is 0.341 e. The molecular formula is C14H17NO2S2. The maximum absolute atomic E-state index is 11.2. The molecule has 0 aliphatic carbocycles. The number of hydrogen-bond donors (Lipinski definition) is 1. The smallest absolute Gasteiger partial charge is 0.142 e. The second-order valence-electron chi connectivity index (χ2n) is 4.32. The molecule has 0 aliphatic heterocycles. The van der Waals surface area contributed by atoms with Crippen molar-refractivity contribution in [2.75, 3.05) is 5.32 Å². The van der Waals surface area contributed by atoms with Crippen LogP contribution in [0.4, 0.5) is 5.69 Å². The molecule has 0 radical (unpaired) electrons. The fourth-order valence-electron chi connectivity index (χ4n) is 1.45. The van der Waals surface area contributed by atoms with Crippen molar-refractivity contribution in [2.24, 2.45) is 0 Å². The quantitative estimate of drug-likeness (QED) is 0.845. The zero-order valence-electron chi connectivity index (χ0n) is 11.2. The Labute approximate surface area is 123 Å². The first-order valence-electron chi connectivity index (χ1n) is 5.95. The molecule has 0 fully saturated rings. The molecule has 0 amide bonds. The van der Waals surface area contributed by atoms with Crippen LogP contribution in [-0.4, -0.2) is 21.1 Å². The summed E-state index contributed by atoms with van der Waals surface area (Å²) in [6.45, 7) is 4.92. The number of thiocarbonyl (C=S) groups is 1. The van der Waals surface area contributed by atoms with Crippen LogP contribution in [0, 0.1) is 0 Å². The van der Waals surface area contributed by atoms with Crippen LogP contribution in [0.15, 0.2) is 24.3 Å². The number of nitrogens with one attached hydrogen (secondary N) is 1.